The van der Waals surface area contributed by atoms with Gasteiger partial charge in [0, 0.05) is 38.6 Å². The van der Waals surface area contributed by atoms with E-state index in [0.29, 0.717) is 19.1 Å². The molecule has 0 atom stereocenters. The van der Waals surface area contributed by atoms with E-state index in [4.69, 9.17) is 14.2 Å². The second kappa shape index (κ2) is 13.7. The van der Waals surface area contributed by atoms with Crippen LogP contribution < -0.4 is 9.64 Å². The molecule has 0 bridgehead atoms. The Labute approximate surface area is 210 Å². The monoisotopic (exact) mass is 479 g/mol. The van der Waals surface area contributed by atoms with Crippen LogP contribution in [0.1, 0.15) is 51.0 Å². The summed E-state index contributed by atoms with van der Waals surface area (Å²) in [5.74, 6) is 1.55. The lowest BCUT2D eigenvalue weighted by atomic mass is 9.95. The van der Waals surface area contributed by atoms with Crippen molar-refractivity contribution in [2.24, 2.45) is 5.92 Å². The largest absolute Gasteiger partial charge is 0.491 e. The molecule has 0 unspecified atom stereocenters. The topological polar surface area (TPSA) is 51.2 Å². The molecule has 0 aromatic heterocycles. The predicted octanol–water partition coefficient (Wildman–Crippen LogP) is 5.95. The average Bonchev–Trinajstić information content (AvgIpc) is 2.89. The van der Waals surface area contributed by atoms with Gasteiger partial charge in [-0.1, -0.05) is 37.6 Å². The van der Waals surface area contributed by atoms with Gasteiger partial charge in [-0.2, -0.15) is 0 Å². The average molecular weight is 480 g/mol. The van der Waals surface area contributed by atoms with Gasteiger partial charge in [0.1, 0.15) is 12.4 Å². The number of aliphatic hydroxyl groups is 1. The fourth-order valence-electron chi connectivity index (χ4n) is 4.91. The molecule has 1 fully saturated rings. The summed E-state index contributed by atoms with van der Waals surface area (Å²) in [4.78, 5) is 2.55. The van der Waals surface area contributed by atoms with Gasteiger partial charge in [0.05, 0.1) is 13.2 Å². The van der Waals surface area contributed by atoms with Crippen molar-refractivity contribution >= 4 is 11.8 Å². The molecule has 5 heteroatoms. The highest BCUT2D eigenvalue weighted by Crippen LogP contribution is 2.33. The van der Waals surface area contributed by atoms with Crippen molar-refractivity contribution < 1.29 is 19.3 Å². The lowest BCUT2D eigenvalue weighted by Crippen LogP contribution is -2.34. The number of benzene rings is 2. The van der Waals surface area contributed by atoms with E-state index in [1.807, 2.05) is 12.1 Å². The standard InChI is InChI=1S/C30H41NO4/c1-2-3-15-33-18-19-35-29-9-6-26(7-10-29)27-8-11-30-28(21-27)20-25(23-32)5-4-14-31(30)22-24-12-16-34-17-13-24/h6-11,20-21,24,32H,2-5,12-19,22-23H2,1H3/b25-20+. The quantitative estimate of drug-likeness (QED) is 0.404. The molecule has 5 nitrogen and oxygen atoms in total. The third kappa shape index (κ3) is 7.57. The first kappa shape index (κ1) is 25.7. The predicted molar refractivity (Wildman–Crippen MR) is 143 cm³/mol. The third-order valence-corrected chi connectivity index (χ3v) is 7.00. The van der Waals surface area contributed by atoms with Crippen LogP contribution in [0.4, 0.5) is 5.69 Å². The molecular weight excluding hydrogens is 438 g/mol. The fraction of sp³-hybridized carbons (Fsp3) is 0.533. The van der Waals surface area contributed by atoms with Crippen LogP contribution in [-0.2, 0) is 9.47 Å². The van der Waals surface area contributed by atoms with Crippen molar-refractivity contribution in [1.29, 1.82) is 0 Å². The van der Waals surface area contributed by atoms with Crippen molar-refractivity contribution in [3.05, 3.63) is 53.6 Å². The van der Waals surface area contributed by atoms with Gasteiger partial charge in [-0.15, -0.1) is 0 Å². The van der Waals surface area contributed by atoms with Crippen LogP contribution in [0.5, 0.6) is 5.75 Å². The van der Waals surface area contributed by atoms with Crippen molar-refractivity contribution in [3.8, 4) is 16.9 Å². The van der Waals surface area contributed by atoms with Gasteiger partial charge >= 0.3 is 0 Å². The van der Waals surface area contributed by atoms with Crippen molar-refractivity contribution in [2.45, 2.75) is 45.4 Å². The Balaban J connectivity index is 1.47. The van der Waals surface area contributed by atoms with E-state index >= 15 is 0 Å². The lowest BCUT2D eigenvalue weighted by molar-refractivity contribution is 0.0682. The van der Waals surface area contributed by atoms with Crippen LogP contribution in [-0.4, -0.2) is 57.8 Å². The van der Waals surface area contributed by atoms with E-state index in [2.05, 4.69) is 48.2 Å². The Bertz CT molecular complexity index is 934. The molecule has 0 amide bonds. The highest BCUT2D eigenvalue weighted by Gasteiger charge is 2.21. The summed E-state index contributed by atoms with van der Waals surface area (Å²) in [6, 6.07) is 15.1. The molecule has 1 saturated heterocycles. The summed E-state index contributed by atoms with van der Waals surface area (Å²) in [6.07, 6.45) is 8.74. The van der Waals surface area contributed by atoms with Crippen LogP contribution in [0.2, 0.25) is 0 Å². The molecule has 2 heterocycles. The highest BCUT2D eigenvalue weighted by atomic mass is 16.5. The van der Waals surface area contributed by atoms with E-state index in [1.54, 1.807) is 0 Å². The Morgan fingerprint density at radius 3 is 2.57 bits per heavy atom. The molecule has 1 N–H and O–H groups in total. The number of hydrogen-bond acceptors (Lipinski definition) is 5. The summed E-state index contributed by atoms with van der Waals surface area (Å²) in [7, 11) is 0. The second-order valence-electron chi connectivity index (χ2n) is 9.68. The summed E-state index contributed by atoms with van der Waals surface area (Å²) >= 11 is 0. The first-order valence-electron chi connectivity index (χ1n) is 13.3. The van der Waals surface area contributed by atoms with Crippen LogP contribution in [0.15, 0.2) is 48.0 Å². The van der Waals surface area contributed by atoms with Crippen LogP contribution in [0, 0.1) is 5.92 Å². The number of ether oxygens (including phenoxy) is 3. The van der Waals surface area contributed by atoms with Gasteiger partial charge in [0.15, 0.2) is 0 Å². The van der Waals surface area contributed by atoms with E-state index in [1.165, 1.54) is 16.8 Å². The number of nitrogens with zero attached hydrogens (tertiary/aromatic N) is 1. The molecule has 2 aromatic carbocycles. The summed E-state index contributed by atoms with van der Waals surface area (Å²) in [5, 5.41) is 9.89. The Kier molecular flexibility index (Phi) is 10.1. The number of anilines is 1. The van der Waals surface area contributed by atoms with Gasteiger partial charge in [0.25, 0.3) is 0 Å². The first-order valence-corrected chi connectivity index (χ1v) is 13.3. The maximum absolute atomic E-state index is 9.89. The molecular formula is C30H41NO4. The second-order valence-corrected chi connectivity index (χ2v) is 9.68. The van der Waals surface area contributed by atoms with Crippen LogP contribution in [0.25, 0.3) is 17.2 Å². The molecule has 2 aliphatic rings. The summed E-state index contributed by atoms with van der Waals surface area (Å²) < 4.78 is 17.0. The molecule has 4 rings (SSSR count). The fourth-order valence-corrected chi connectivity index (χ4v) is 4.91. The molecule has 35 heavy (non-hydrogen) atoms. The van der Waals surface area contributed by atoms with Crippen molar-refractivity contribution in [3.63, 3.8) is 0 Å². The molecule has 0 radical (unpaired) electrons. The van der Waals surface area contributed by atoms with Gasteiger partial charge in [-0.25, -0.2) is 0 Å². The van der Waals surface area contributed by atoms with E-state index in [0.717, 1.165) is 88.3 Å². The maximum atomic E-state index is 9.89. The van der Waals surface area contributed by atoms with Gasteiger partial charge in [-0.05, 0) is 84.6 Å². The highest BCUT2D eigenvalue weighted by molar-refractivity contribution is 5.77. The zero-order valence-corrected chi connectivity index (χ0v) is 21.2. The van der Waals surface area contributed by atoms with Crippen molar-refractivity contribution in [2.75, 3.05) is 57.6 Å². The van der Waals surface area contributed by atoms with Gasteiger partial charge in [0.2, 0.25) is 0 Å². The molecule has 0 saturated carbocycles. The summed E-state index contributed by atoms with van der Waals surface area (Å²) in [5.41, 5.74) is 5.92. The summed E-state index contributed by atoms with van der Waals surface area (Å²) in [6.45, 7) is 8.14. The normalized spacial score (nSPS) is 18.3. The smallest absolute Gasteiger partial charge is 0.119 e. The SMILES string of the molecule is CCCCOCCOc1ccc(-c2ccc3c(c2)/C=C(/CO)CCCN3CC2CCOCC2)cc1. The molecule has 2 aliphatic heterocycles. The van der Waals surface area contributed by atoms with Crippen LogP contribution in [0.3, 0.4) is 0 Å². The minimum Gasteiger partial charge on any atom is -0.491 e. The molecule has 2 aromatic rings. The Hall–Kier alpha value is -2.34. The minimum atomic E-state index is 0.123. The Morgan fingerprint density at radius 2 is 1.80 bits per heavy atom. The van der Waals surface area contributed by atoms with Gasteiger partial charge in [-0.3, -0.25) is 0 Å². The maximum Gasteiger partial charge on any atom is 0.119 e. The minimum absolute atomic E-state index is 0.123. The molecule has 0 spiro atoms. The number of fused-ring (bicyclic) bond motifs is 1. The zero-order valence-electron chi connectivity index (χ0n) is 21.2. The third-order valence-electron chi connectivity index (χ3n) is 7.00. The molecule has 190 valence electrons. The first-order chi connectivity index (χ1) is 17.3. The lowest BCUT2D eigenvalue weighted by Gasteiger charge is -2.33. The van der Waals surface area contributed by atoms with E-state index in [9.17, 15) is 5.11 Å². The molecule has 0 aliphatic carbocycles. The van der Waals surface area contributed by atoms with E-state index < -0.39 is 0 Å². The number of unbranched alkanes of at least 4 members (excludes halogenated alkanes) is 1. The van der Waals surface area contributed by atoms with Gasteiger partial charge < -0.3 is 24.2 Å². The zero-order chi connectivity index (χ0) is 24.3. The van der Waals surface area contributed by atoms with Crippen molar-refractivity contribution in [1.82, 2.24) is 0 Å². The number of hydrogen-bond donors (Lipinski definition) is 1. The van der Waals surface area contributed by atoms with Crippen LogP contribution >= 0.6 is 0 Å². The number of aliphatic hydroxyl groups excluding tert-OH is 1. The Morgan fingerprint density at radius 1 is 1.00 bits per heavy atom. The van der Waals surface area contributed by atoms with E-state index in [-0.39, 0.29) is 6.61 Å². The number of rotatable bonds is 11.